The maximum absolute atomic E-state index is 11.4. The number of anilines is 1. The van der Waals surface area contributed by atoms with Gasteiger partial charge in [-0.3, -0.25) is 9.79 Å². The lowest BCUT2D eigenvalue weighted by Gasteiger charge is -2.22. The van der Waals surface area contributed by atoms with E-state index in [1.807, 2.05) is 24.3 Å². The number of amides is 1. The van der Waals surface area contributed by atoms with Crippen LogP contribution in [0.5, 0.6) is 5.75 Å². The summed E-state index contributed by atoms with van der Waals surface area (Å²) in [5.74, 6) is 1.80. The third-order valence-corrected chi connectivity index (χ3v) is 4.60. The summed E-state index contributed by atoms with van der Waals surface area (Å²) >= 11 is 0. The predicted octanol–water partition coefficient (Wildman–Crippen LogP) is 3.82. The van der Waals surface area contributed by atoms with E-state index in [1.54, 1.807) is 7.05 Å². The van der Waals surface area contributed by atoms with Gasteiger partial charge in [-0.25, -0.2) is 0 Å². The molecule has 1 heterocycles. The molecule has 2 rings (SSSR count). The van der Waals surface area contributed by atoms with Gasteiger partial charge in [-0.2, -0.15) is 0 Å². The van der Waals surface area contributed by atoms with E-state index in [1.165, 1.54) is 12.8 Å². The van der Waals surface area contributed by atoms with E-state index in [-0.39, 0.29) is 29.9 Å². The highest BCUT2D eigenvalue weighted by Gasteiger charge is 2.15. The number of nitrogens with one attached hydrogen (secondary N) is 2. The van der Waals surface area contributed by atoms with Crippen LogP contribution >= 0.6 is 24.0 Å². The van der Waals surface area contributed by atoms with Gasteiger partial charge in [0.1, 0.15) is 12.4 Å². The van der Waals surface area contributed by atoms with Gasteiger partial charge in [-0.1, -0.05) is 12.5 Å². The molecule has 1 aromatic carbocycles. The number of carbonyl (C=O) groups is 1. The minimum Gasteiger partial charge on any atom is -0.492 e. The number of hydrogen-bond donors (Lipinski definition) is 2. The number of nitrogens with zero attached hydrogens (tertiary/aromatic N) is 2. The molecule has 28 heavy (non-hydrogen) atoms. The summed E-state index contributed by atoms with van der Waals surface area (Å²) in [6.07, 6.45) is 7.91. The number of allylic oxidation sites excluding steroid dienone is 1. The second kappa shape index (κ2) is 13.4. The molecular weight excluding hydrogens is 467 g/mol. The van der Waals surface area contributed by atoms with Crippen LogP contribution in [-0.2, 0) is 11.2 Å². The number of hydrogen-bond acceptors (Lipinski definition) is 3. The summed E-state index contributed by atoms with van der Waals surface area (Å²) < 4.78 is 5.84. The summed E-state index contributed by atoms with van der Waals surface area (Å²) in [5, 5.41) is 6.22. The minimum atomic E-state index is 0. The molecule has 0 saturated carbocycles. The summed E-state index contributed by atoms with van der Waals surface area (Å²) in [5.41, 5.74) is 2.03. The molecule has 6 nitrogen and oxygen atoms in total. The Morgan fingerprint density at radius 3 is 2.93 bits per heavy atom. The standard InChI is InChI=1S/C21H32N4O2.HI/c1-4-5-6-7-8-14-25(3)21(22-2)23-13-15-27-18-10-11-19-17(16-18)9-12-20(26)24-19;/h4,10-11,16H,1,5-9,12-15H2,2-3H3,(H,22,23)(H,24,26);1H. The van der Waals surface area contributed by atoms with Crippen molar-refractivity contribution in [1.82, 2.24) is 10.2 Å². The van der Waals surface area contributed by atoms with Gasteiger partial charge in [0.2, 0.25) is 5.91 Å². The zero-order valence-corrected chi connectivity index (χ0v) is 19.3. The van der Waals surface area contributed by atoms with Gasteiger partial charge in [0.15, 0.2) is 5.96 Å². The van der Waals surface area contributed by atoms with Crippen molar-refractivity contribution < 1.29 is 9.53 Å². The first-order valence-electron chi connectivity index (χ1n) is 9.72. The van der Waals surface area contributed by atoms with Crippen LogP contribution in [0.15, 0.2) is 35.8 Å². The van der Waals surface area contributed by atoms with E-state index >= 15 is 0 Å². The number of aliphatic imine (C=N–C) groups is 1. The number of benzene rings is 1. The molecule has 0 bridgehead atoms. The first-order chi connectivity index (χ1) is 13.1. The molecule has 1 aromatic rings. The third kappa shape index (κ3) is 8.08. The maximum Gasteiger partial charge on any atom is 0.224 e. The van der Waals surface area contributed by atoms with Gasteiger partial charge in [0, 0.05) is 32.7 Å². The number of aryl methyl sites for hydroxylation is 1. The minimum absolute atomic E-state index is 0. The number of ether oxygens (including phenoxy) is 1. The Hall–Kier alpha value is -1.77. The number of halogens is 1. The molecule has 0 radical (unpaired) electrons. The highest BCUT2D eigenvalue weighted by molar-refractivity contribution is 14.0. The van der Waals surface area contributed by atoms with Crippen molar-refractivity contribution in [2.24, 2.45) is 4.99 Å². The SMILES string of the molecule is C=CCCCCCN(C)C(=NC)NCCOc1ccc2c(c1)CCC(=O)N2.I. The van der Waals surface area contributed by atoms with Gasteiger partial charge in [0.05, 0.1) is 6.54 Å². The van der Waals surface area contributed by atoms with Crippen molar-refractivity contribution in [3.05, 3.63) is 36.4 Å². The number of guanidine groups is 1. The van der Waals surface area contributed by atoms with E-state index in [0.717, 1.165) is 48.8 Å². The van der Waals surface area contributed by atoms with Crippen molar-refractivity contribution in [3.63, 3.8) is 0 Å². The van der Waals surface area contributed by atoms with Crippen molar-refractivity contribution in [2.45, 2.75) is 38.5 Å². The highest BCUT2D eigenvalue weighted by Crippen LogP contribution is 2.26. The van der Waals surface area contributed by atoms with Crippen LogP contribution in [0.3, 0.4) is 0 Å². The Labute approximate surface area is 185 Å². The molecule has 0 aromatic heterocycles. The highest BCUT2D eigenvalue weighted by atomic mass is 127. The van der Waals surface area contributed by atoms with Crippen molar-refractivity contribution in [3.8, 4) is 5.75 Å². The number of unbranched alkanes of at least 4 members (excludes halogenated alkanes) is 3. The molecule has 1 aliphatic rings. The van der Waals surface area contributed by atoms with Gasteiger partial charge in [-0.05, 0) is 49.4 Å². The van der Waals surface area contributed by atoms with Crippen molar-refractivity contribution in [2.75, 3.05) is 39.1 Å². The van der Waals surface area contributed by atoms with Crippen LogP contribution in [-0.4, -0.2) is 50.6 Å². The topological polar surface area (TPSA) is 66.0 Å². The van der Waals surface area contributed by atoms with E-state index in [4.69, 9.17) is 4.74 Å². The molecule has 2 N–H and O–H groups in total. The smallest absolute Gasteiger partial charge is 0.224 e. The molecule has 0 spiro atoms. The fraction of sp³-hybridized carbons (Fsp3) is 0.524. The van der Waals surface area contributed by atoms with Gasteiger partial charge in [-0.15, -0.1) is 30.6 Å². The normalized spacial score (nSPS) is 13.1. The quantitative estimate of drug-likeness (QED) is 0.169. The molecule has 0 aliphatic carbocycles. The molecule has 7 heteroatoms. The first kappa shape index (κ1) is 24.3. The molecule has 156 valence electrons. The Morgan fingerprint density at radius 1 is 1.36 bits per heavy atom. The zero-order chi connectivity index (χ0) is 19.5. The van der Waals surface area contributed by atoms with Crippen LogP contribution in [0.25, 0.3) is 0 Å². The second-order valence-corrected chi connectivity index (χ2v) is 6.75. The molecule has 0 unspecified atom stereocenters. The number of carbonyl (C=O) groups excluding carboxylic acids is 1. The van der Waals surface area contributed by atoms with Crippen LogP contribution < -0.4 is 15.4 Å². The van der Waals surface area contributed by atoms with Gasteiger partial charge >= 0.3 is 0 Å². The third-order valence-electron chi connectivity index (χ3n) is 4.60. The van der Waals surface area contributed by atoms with Crippen molar-refractivity contribution >= 4 is 41.5 Å². The second-order valence-electron chi connectivity index (χ2n) is 6.75. The maximum atomic E-state index is 11.4. The Bertz CT molecular complexity index is 664. The molecule has 0 fully saturated rings. The largest absolute Gasteiger partial charge is 0.492 e. The number of fused-ring (bicyclic) bond motifs is 1. The van der Waals surface area contributed by atoms with Gasteiger partial charge in [0.25, 0.3) is 0 Å². The fourth-order valence-electron chi connectivity index (χ4n) is 3.09. The average Bonchev–Trinajstić information content (AvgIpc) is 2.67. The zero-order valence-electron chi connectivity index (χ0n) is 17.0. The van der Waals surface area contributed by atoms with Crippen LogP contribution in [0.1, 0.15) is 37.7 Å². The lowest BCUT2D eigenvalue weighted by molar-refractivity contribution is -0.116. The summed E-state index contributed by atoms with van der Waals surface area (Å²) in [7, 11) is 3.86. The Kier molecular flexibility index (Phi) is 11.6. The van der Waals surface area contributed by atoms with E-state index < -0.39 is 0 Å². The molecule has 1 aliphatic heterocycles. The predicted molar refractivity (Wildman–Crippen MR) is 127 cm³/mol. The first-order valence-corrected chi connectivity index (χ1v) is 9.72. The molecule has 0 saturated heterocycles. The lowest BCUT2D eigenvalue weighted by atomic mass is 10.0. The average molecular weight is 500 g/mol. The monoisotopic (exact) mass is 500 g/mol. The van der Waals surface area contributed by atoms with E-state index in [9.17, 15) is 4.79 Å². The van der Waals surface area contributed by atoms with Crippen LogP contribution in [0.4, 0.5) is 5.69 Å². The van der Waals surface area contributed by atoms with E-state index in [0.29, 0.717) is 19.6 Å². The lowest BCUT2D eigenvalue weighted by Crippen LogP contribution is -2.41. The summed E-state index contributed by atoms with van der Waals surface area (Å²) in [4.78, 5) is 17.9. The summed E-state index contributed by atoms with van der Waals surface area (Å²) in [6, 6.07) is 5.82. The Morgan fingerprint density at radius 2 is 2.18 bits per heavy atom. The molecular formula is C21H33IN4O2. The molecule has 1 amide bonds. The number of rotatable bonds is 10. The van der Waals surface area contributed by atoms with Crippen LogP contribution in [0.2, 0.25) is 0 Å². The van der Waals surface area contributed by atoms with Crippen molar-refractivity contribution in [1.29, 1.82) is 0 Å². The Balaban J connectivity index is 0.00000392. The summed E-state index contributed by atoms with van der Waals surface area (Å²) in [6.45, 7) is 5.97. The van der Waals surface area contributed by atoms with Gasteiger partial charge < -0.3 is 20.3 Å². The fourth-order valence-corrected chi connectivity index (χ4v) is 3.09. The van der Waals surface area contributed by atoms with E-state index in [2.05, 4.69) is 34.2 Å². The van der Waals surface area contributed by atoms with Crippen LogP contribution in [0, 0.1) is 0 Å². The molecule has 0 atom stereocenters.